The number of non-ortho nitro benzene ring substituents is 1. The van der Waals surface area contributed by atoms with E-state index in [-0.39, 0.29) is 5.69 Å². The van der Waals surface area contributed by atoms with Gasteiger partial charge < -0.3 is 0 Å². The third-order valence-corrected chi connectivity index (χ3v) is 3.03. The molecule has 0 radical (unpaired) electrons. The number of alkyl halides is 1. The predicted molar refractivity (Wildman–Crippen MR) is 65.6 cm³/mol. The molecule has 0 heterocycles. The molecule has 0 bridgehead atoms. The molecule has 1 rings (SSSR count). The minimum atomic E-state index is -0.433. The van der Waals surface area contributed by atoms with E-state index in [1.807, 2.05) is 13.0 Å². The lowest BCUT2D eigenvalue weighted by molar-refractivity contribution is -0.384. The second kappa shape index (κ2) is 5.28. The molecule has 0 fully saturated rings. The summed E-state index contributed by atoms with van der Waals surface area (Å²) >= 11 is 9.22. The first-order valence-electron chi connectivity index (χ1n) is 4.21. The lowest BCUT2D eigenvalue weighted by atomic mass is 10.1. The van der Waals surface area contributed by atoms with Crippen molar-refractivity contribution in [2.45, 2.75) is 6.92 Å². The standard InChI is InChI=1S/C10H9BrClNO2/c1-7(6-11)4-8-5-9(13(14)15)2-3-10(8)12/h2-5H,6H2,1H3/b7-4-. The van der Waals surface area contributed by atoms with Crippen LogP contribution < -0.4 is 0 Å². The van der Waals surface area contributed by atoms with Gasteiger partial charge in [-0.3, -0.25) is 10.1 Å². The molecule has 0 aliphatic carbocycles. The van der Waals surface area contributed by atoms with Crippen LogP contribution in [0.4, 0.5) is 5.69 Å². The number of nitro groups is 1. The maximum atomic E-state index is 10.6. The van der Waals surface area contributed by atoms with Crippen molar-refractivity contribution < 1.29 is 4.92 Å². The highest BCUT2D eigenvalue weighted by Crippen LogP contribution is 2.24. The molecule has 0 amide bonds. The van der Waals surface area contributed by atoms with Crippen molar-refractivity contribution in [1.29, 1.82) is 0 Å². The van der Waals surface area contributed by atoms with Crippen LogP contribution in [0.5, 0.6) is 0 Å². The number of rotatable bonds is 3. The normalized spacial score (nSPS) is 11.5. The Hall–Kier alpha value is -0.870. The Kier molecular flexibility index (Phi) is 4.29. The highest BCUT2D eigenvalue weighted by molar-refractivity contribution is 9.09. The number of hydrogen-bond donors (Lipinski definition) is 0. The molecule has 0 aliphatic rings. The molecule has 0 spiro atoms. The number of hydrogen-bond acceptors (Lipinski definition) is 2. The molecule has 0 saturated carbocycles. The molecule has 3 nitrogen and oxygen atoms in total. The van der Waals surface area contributed by atoms with E-state index in [2.05, 4.69) is 15.9 Å². The Morgan fingerprint density at radius 2 is 2.33 bits per heavy atom. The van der Waals surface area contributed by atoms with Gasteiger partial charge in [0.1, 0.15) is 0 Å². The topological polar surface area (TPSA) is 43.1 Å². The van der Waals surface area contributed by atoms with E-state index < -0.39 is 4.92 Å². The highest BCUT2D eigenvalue weighted by Gasteiger charge is 2.07. The lowest BCUT2D eigenvalue weighted by Crippen LogP contribution is -1.89. The fourth-order valence-corrected chi connectivity index (χ4v) is 1.39. The first kappa shape index (κ1) is 12.2. The fraction of sp³-hybridized carbons (Fsp3) is 0.200. The van der Waals surface area contributed by atoms with Crippen molar-refractivity contribution in [3.05, 3.63) is 44.5 Å². The number of benzene rings is 1. The summed E-state index contributed by atoms with van der Waals surface area (Å²) in [5.74, 6) is 0. The van der Waals surface area contributed by atoms with Gasteiger partial charge in [0.25, 0.3) is 5.69 Å². The minimum Gasteiger partial charge on any atom is -0.258 e. The minimum absolute atomic E-state index is 0.0491. The SMILES string of the molecule is C/C(=C/c1cc([N+](=O)[O-])ccc1Cl)CBr. The molecule has 1 aromatic carbocycles. The third-order valence-electron chi connectivity index (χ3n) is 1.80. The zero-order chi connectivity index (χ0) is 11.4. The van der Waals surface area contributed by atoms with Crippen LogP contribution in [-0.2, 0) is 0 Å². The van der Waals surface area contributed by atoms with Gasteiger partial charge in [-0.15, -0.1) is 0 Å². The monoisotopic (exact) mass is 289 g/mol. The van der Waals surface area contributed by atoms with Gasteiger partial charge in [0.15, 0.2) is 0 Å². The molecule has 5 heteroatoms. The van der Waals surface area contributed by atoms with Crippen molar-refractivity contribution in [3.63, 3.8) is 0 Å². The van der Waals surface area contributed by atoms with E-state index in [0.29, 0.717) is 15.9 Å². The smallest absolute Gasteiger partial charge is 0.258 e. The van der Waals surface area contributed by atoms with Crippen molar-refractivity contribution in [1.82, 2.24) is 0 Å². The number of nitro benzene ring substituents is 1. The molecule has 80 valence electrons. The summed E-state index contributed by atoms with van der Waals surface area (Å²) in [6.45, 7) is 1.92. The first-order chi connectivity index (χ1) is 7.04. The van der Waals surface area contributed by atoms with Crippen molar-refractivity contribution in [2.24, 2.45) is 0 Å². The maximum Gasteiger partial charge on any atom is 0.270 e. The van der Waals surface area contributed by atoms with Gasteiger partial charge in [0.2, 0.25) is 0 Å². The highest BCUT2D eigenvalue weighted by atomic mass is 79.9. The van der Waals surface area contributed by atoms with E-state index in [9.17, 15) is 10.1 Å². The number of halogens is 2. The Balaban J connectivity index is 3.17. The summed E-state index contributed by atoms with van der Waals surface area (Å²) in [7, 11) is 0. The third kappa shape index (κ3) is 3.32. The van der Waals surface area contributed by atoms with Crippen LogP contribution in [0.2, 0.25) is 5.02 Å². The summed E-state index contributed by atoms with van der Waals surface area (Å²) in [5, 5.41) is 11.8. The Bertz CT molecular complexity index is 418. The van der Waals surface area contributed by atoms with Crippen LogP contribution in [0, 0.1) is 10.1 Å². The zero-order valence-corrected chi connectivity index (χ0v) is 10.4. The number of nitrogens with zero attached hydrogens (tertiary/aromatic N) is 1. The second-order valence-electron chi connectivity index (χ2n) is 3.09. The van der Waals surface area contributed by atoms with Crippen LogP contribution in [0.15, 0.2) is 23.8 Å². The quantitative estimate of drug-likeness (QED) is 0.479. The van der Waals surface area contributed by atoms with Gasteiger partial charge in [0, 0.05) is 22.5 Å². The number of allylic oxidation sites excluding steroid dienone is 1. The summed E-state index contributed by atoms with van der Waals surface area (Å²) in [4.78, 5) is 10.1. The van der Waals surface area contributed by atoms with E-state index in [1.54, 1.807) is 0 Å². The first-order valence-corrected chi connectivity index (χ1v) is 5.71. The predicted octanol–water partition coefficient (Wildman–Crippen LogP) is 4.05. The molecule has 15 heavy (non-hydrogen) atoms. The van der Waals surface area contributed by atoms with Crippen LogP contribution in [0.1, 0.15) is 12.5 Å². The Labute approximate surface area is 101 Å². The molecular weight excluding hydrogens is 281 g/mol. The zero-order valence-electron chi connectivity index (χ0n) is 8.04. The van der Waals surface area contributed by atoms with Crippen LogP contribution in [-0.4, -0.2) is 10.3 Å². The van der Waals surface area contributed by atoms with Crippen molar-refractivity contribution in [3.8, 4) is 0 Å². The maximum absolute atomic E-state index is 10.6. The average molecular weight is 291 g/mol. The Morgan fingerprint density at radius 3 is 2.87 bits per heavy atom. The summed E-state index contributed by atoms with van der Waals surface area (Å²) in [6.07, 6.45) is 1.82. The molecule has 0 aromatic heterocycles. The molecular formula is C10H9BrClNO2. The van der Waals surface area contributed by atoms with Gasteiger partial charge in [-0.25, -0.2) is 0 Å². The molecule has 0 saturated heterocycles. The molecule has 0 aliphatic heterocycles. The van der Waals surface area contributed by atoms with Gasteiger partial charge >= 0.3 is 0 Å². The van der Waals surface area contributed by atoms with E-state index in [0.717, 1.165) is 5.57 Å². The van der Waals surface area contributed by atoms with Gasteiger partial charge in [0.05, 0.1) is 4.92 Å². The second-order valence-corrected chi connectivity index (χ2v) is 4.06. The Morgan fingerprint density at radius 1 is 1.67 bits per heavy atom. The molecule has 0 unspecified atom stereocenters. The van der Waals surface area contributed by atoms with Crippen LogP contribution >= 0.6 is 27.5 Å². The van der Waals surface area contributed by atoms with Crippen molar-refractivity contribution in [2.75, 3.05) is 5.33 Å². The van der Waals surface area contributed by atoms with E-state index in [1.165, 1.54) is 18.2 Å². The van der Waals surface area contributed by atoms with Gasteiger partial charge in [-0.2, -0.15) is 0 Å². The van der Waals surface area contributed by atoms with Crippen LogP contribution in [0.25, 0.3) is 6.08 Å². The largest absolute Gasteiger partial charge is 0.270 e. The average Bonchev–Trinajstić information content (AvgIpc) is 2.20. The fourth-order valence-electron chi connectivity index (χ4n) is 1.06. The lowest BCUT2D eigenvalue weighted by Gasteiger charge is -2.00. The van der Waals surface area contributed by atoms with Crippen LogP contribution in [0.3, 0.4) is 0 Å². The van der Waals surface area contributed by atoms with E-state index >= 15 is 0 Å². The summed E-state index contributed by atoms with van der Waals surface area (Å²) in [6, 6.07) is 4.39. The van der Waals surface area contributed by atoms with E-state index in [4.69, 9.17) is 11.6 Å². The molecule has 0 N–H and O–H groups in total. The summed E-state index contributed by atoms with van der Waals surface area (Å²) in [5.41, 5.74) is 1.77. The van der Waals surface area contributed by atoms with Gasteiger partial charge in [-0.05, 0) is 18.6 Å². The molecule has 0 atom stereocenters. The summed E-state index contributed by atoms with van der Waals surface area (Å²) < 4.78 is 0. The van der Waals surface area contributed by atoms with Crippen molar-refractivity contribution >= 4 is 39.3 Å². The van der Waals surface area contributed by atoms with Gasteiger partial charge in [-0.1, -0.05) is 39.2 Å². The molecule has 1 aromatic rings.